The fraction of sp³-hybridized carbons (Fsp3) is 1.00. The fourth-order valence-electron chi connectivity index (χ4n) is 12.2. The number of hydrogen-bond acceptors (Lipinski definition) is 8. The first kappa shape index (κ1) is 45.4. The van der Waals surface area contributed by atoms with Crippen molar-refractivity contribution in [2.24, 2.45) is 11.8 Å². The number of likely N-dealkylation sites (tertiary alicyclic amines) is 5. The topological polar surface area (TPSA) is 34.7 Å². The molecule has 8 heterocycles. The van der Waals surface area contributed by atoms with Gasteiger partial charge in [0.1, 0.15) is 0 Å². The van der Waals surface area contributed by atoms with Crippen LogP contribution in [0.5, 0.6) is 0 Å². The molecule has 1 N–H and O–H groups in total. The second-order valence-corrected chi connectivity index (χ2v) is 22.7. The average molecular weight is 745 g/mol. The van der Waals surface area contributed by atoms with Gasteiger partial charge >= 0.3 is 0 Å². The Kier molecular flexibility index (Phi) is 14.8. The van der Waals surface area contributed by atoms with Crippen molar-refractivity contribution in [2.45, 2.75) is 200 Å². The van der Waals surface area contributed by atoms with E-state index in [0.717, 1.165) is 54.1 Å². The lowest BCUT2D eigenvalue weighted by atomic mass is 9.92. The number of piperidine rings is 1. The Morgan fingerprint density at radius 3 is 1.23 bits per heavy atom. The maximum atomic E-state index is 3.45. The van der Waals surface area contributed by atoms with Crippen molar-refractivity contribution in [3.63, 3.8) is 0 Å². The lowest BCUT2D eigenvalue weighted by Crippen LogP contribution is -2.58. The molecule has 8 fully saturated rings. The van der Waals surface area contributed by atoms with Gasteiger partial charge in [0.05, 0.1) is 0 Å². The molecule has 0 aromatic carbocycles. The number of rotatable bonds is 1. The molecule has 0 aromatic heterocycles. The molecular weight excluding hydrogens is 653 g/mol. The van der Waals surface area contributed by atoms with E-state index in [1.165, 1.54) is 97.3 Å². The van der Waals surface area contributed by atoms with E-state index >= 15 is 0 Å². The van der Waals surface area contributed by atoms with E-state index in [4.69, 9.17) is 0 Å². The molecule has 0 saturated carbocycles. The molecule has 8 heteroatoms. The van der Waals surface area contributed by atoms with Crippen LogP contribution < -0.4 is 5.32 Å². The Labute approximate surface area is 331 Å². The molecule has 8 unspecified atom stereocenters. The largest absolute Gasteiger partial charge is 0.317 e. The lowest BCUT2D eigenvalue weighted by Gasteiger charge is -2.47. The number of hydrogen-bond donors (Lipinski definition) is 1. The number of nitrogens with zero attached hydrogens (tertiary/aromatic N) is 7. The first-order chi connectivity index (χ1) is 23.9. The molecule has 0 spiro atoms. The molecule has 8 nitrogen and oxygen atoms in total. The molecule has 8 atom stereocenters. The van der Waals surface area contributed by atoms with Crippen molar-refractivity contribution in [3.05, 3.63) is 0 Å². The van der Waals surface area contributed by atoms with Gasteiger partial charge in [0.2, 0.25) is 0 Å². The van der Waals surface area contributed by atoms with Crippen molar-refractivity contribution in [1.29, 1.82) is 0 Å². The Balaban J connectivity index is 0.000000157. The second-order valence-electron chi connectivity index (χ2n) is 22.7. The highest BCUT2D eigenvalue weighted by Crippen LogP contribution is 2.41. The number of likely N-dealkylation sites (N-methyl/N-ethyl adjacent to an activating group) is 2. The summed E-state index contributed by atoms with van der Waals surface area (Å²) in [4.78, 5) is 18.3. The van der Waals surface area contributed by atoms with E-state index in [2.05, 4.69) is 151 Å². The normalized spacial score (nSPS) is 37.0. The SMILES string of the molecule is C.CN1CC2CC1CN2C(C)(C)C.CN1CC2CCC(C1)N2C(C)(C)C.CN1CC2CN(C(C)(C)C)CC2C1.CNC1CC2CCC(C1)N2C(C)(C)C. The van der Waals surface area contributed by atoms with Crippen LogP contribution in [-0.4, -0.2) is 179 Å². The lowest BCUT2D eigenvalue weighted by molar-refractivity contribution is 0.0114. The van der Waals surface area contributed by atoms with E-state index < -0.39 is 0 Å². The summed E-state index contributed by atoms with van der Waals surface area (Å²) in [6, 6.07) is 5.77. The van der Waals surface area contributed by atoms with E-state index in [9.17, 15) is 0 Å². The average Bonchev–Trinajstić information content (AvgIpc) is 3.83. The van der Waals surface area contributed by atoms with Crippen molar-refractivity contribution in [1.82, 2.24) is 39.6 Å². The van der Waals surface area contributed by atoms with Crippen LogP contribution in [0.3, 0.4) is 0 Å². The molecule has 8 saturated heterocycles. The van der Waals surface area contributed by atoms with Gasteiger partial charge in [-0.05, 0) is 168 Å². The number of nitrogens with one attached hydrogen (secondary N) is 1. The quantitative estimate of drug-likeness (QED) is 0.320. The highest BCUT2D eigenvalue weighted by Gasteiger charge is 2.47. The van der Waals surface area contributed by atoms with Crippen LogP contribution in [0.1, 0.15) is 135 Å². The fourth-order valence-corrected chi connectivity index (χ4v) is 12.2. The summed E-state index contributed by atoms with van der Waals surface area (Å²) in [5, 5.41) is 3.45. The van der Waals surface area contributed by atoms with Gasteiger partial charge in [-0.2, -0.15) is 0 Å². The maximum Gasteiger partial charge on any atom is 0.0244 e. The zero-order valence-electron chi connectivity index (χ0n) is 37.4. The van der Waals surface area contributed by atoms with Crippen molar-refractivity contribution < 1.29 is 0 Å². The minimum atomic E-state index is 0. The zero-order valence-corrected chi connectivity index (χ0v) is 37.4. The molecular formula is C45H92N8. The van der Waals surface area contributed by atoms with Gasteiger partial charge in [-0.3, -0.25) is 19.6 Å². The highest BCUT2D eigenvalue weighted by molar-refractivity contribution is 5.04. The van der Waals surface area contributed by atoms with Crippen LogP contribution in [0.2, 0.25) is 0 Å². The smallest absolute Gasteiger partial charge is 0.0244 e. The molecule has 6 bridgehead atoms. The molecule has 8 aliphatic rings. The Hall–Kier alpha value is -0.320. The third kappa shape index (κ3) is 11.0. The van der Waals surface area contributed by atoms with E-state index in [0.29, 0.717) is 22.2 Å². The predicted molar refractivity (Wildman–Crippen MR) is 230 cm³/mol. The van der Waals surface area contributed by atoms with Gasteiger partial charge in [0, 0.05) is 117 Å². The van der Waals surface area contributed by atoms with Crippen LogP contribution in [0.15, 0.2) is 0 Å². The van der Waals surface area contributed by atoms with Gasteiger partial charge in [-0.15, -0.1) is 0 Å². The van der Waals surface area contributed by atoms with Crippen LogP contribution in [0.4, 0.5) is 0 Å². The summed E-state index contributed by atoms with van der Waals surface area (Å²) in [6.45, 7) is 38.5. The van der Waals surface area contributed by atoms with E-state index in [1.807, 2.05) is 0 Å². The van der Waals surface area contributed by atoms with E-state index in [1.54, 1.807) is 0 Å². The van der Waals surface area contributed by atoms with Gasteiger partial charge in [-0.1, -0.05) is 7.43 Å². The van der Waals surface area contributed by atoms with Crippen LogP contribution in [0, 0.1) is 11.8 Å². The van der Waals surface area contributed by atoms with Gasteiger partial charge in [-0.25, -0.2) is 0 Å². The van der Waals surface area contributed by atoms with Crippen molar-refractivity contribution in [2.75, 3.05) is 80.5 Å². The number of piperazine rings is 2. The minimum absolute atomic E-state index is 0. The molecule has 312 valence electrons. The van der Waals surface area contributed by atoms with Crippen molar-refractivity contribution >= 4 is 0 Å². The molecule has 0 aromatic rings. The zero-order chi connectivity index (χ0) is 38.6. The predicted octanol–water partition coefficient (Wildman–Crippen LogP) is 6.65. The molecule has 53 heavy (non-hydrogen) atoms. The summed E-state index contributed by atoms with van der Waals surface area (Å²) in [5.41, 5.74) is 1.49. The highest BCUT2D eigenvalue weighted by atomic mass is 15.4. The summed E-state index contributed by atoms with van der Waals surface area (Å²) < 4.78 is 0. The van der Waals surface area contributed by atoms with Gasteiger partial charge < -0.3 is 20.0 Å². The van der Waals surface area contributed by atoms with Crippen molar-refractivity contribution in [3.8, 4) is 0 Å². The third-order valence-electron chi connectivity index (χ3n) is 14.3. The summed E-state index contributed by atoms with van der Waals surface area (Å²) in [7, 11) is 8.87. The molecule has 0 aliphatic carbocycles. The third-order valence-corrected chi connectivity index (χ3v) is 14.3. The molecule has 0 radical (unpaired) electrons. The number of fused-ring (bicyclic) bond motifs is 7. The first-order valence-corrected chi connectivity index (χ1v) is 21.8. The Morgan fingerprint density at radius 1 is 0.434 bits per heavy atom. The monoisotopic (exact) mass is 745 g/mol. The van der Waals surface area contributed by atoms with Gasteiger partial charge in [0.25, 0.3) is 0 Å². The standard InChI is InChI=1S/C12H24N2.2C11H22N2.C10H20N2.CH4/c1-12(2,3)14-10-5-6-11(14)8-9(7-10)13-4;1-11(2,3)13-7-9-5-12(4)6-10(9)8-13;1-11(2,3)13-9-5-6-10(13)8-12(4)7-9;1-10(2,3)12-7-8-5-9(12)6-11(8)4;/h9-11,13H,5-8H2,1-4H3;2*9-10H,5-8H2,1-4H3;8-9H,5-7H2,1-4H3;1H4. The Bertz CT molecular complexity index is 1090. The van der Waals surface area contributed by atoms with Gasteiger partial charge in [0.15, 0.2) is 0 Å². The molecule has 8 aliphatic heterocycles. The van der Waals surface area contributed by atoms with Crippen LogP contribution >= 0.6 is 0 Å². The minimum Gasteiger partial charge on any atom is -0.317 e. The summed E-state index contributed by atoms with van der Waals surface area (Å²) >= 11 is 0. The maximum absolute atomic E-state index is 3.45. The van der Waals surface area contributed by atoms with Crippen LogP contribution in [-0.2, 0) is 0 Å². The Morgan fingerprint density at radius 2 is 0.868 bits per heavy atom. The van der Waals surface area contributed by atoms with E-state index in [-0.39, 0.29) is 7.43 Å². The second kappa shape index (κ2) is 17.3. The summed E-state index contributed by atoms with van der Waals surface area (Å²) in [6.07, 6.45) is 9.75. The summed E-state index contributed by atoms with van der Waals surface area (Å²) in [5.74, 6) is 1.90. The molecule has 0 amide bonds. The van der Waals surface area contributed by atoms with Crippen LogP contribution in [0.25, 0.3) is 0 Å². The molecule has 8 rings (SSSR count). The first-order valence-electron chi connectivity index (χ1n) is 21.8.